The number of aryl methyl sites for hydroxylation is 1. The van der Waals surface area contributed by atoms with E-state index in [1.54, 1.807) is 12.3 Å². The van der Waals surface area contributed by atoms with E-state index in [4.69, 9.17) is 5.84 Å². The zero-order valence-corrected chi connectivity index (χ0v) is 11.5. The lowest BCUT2D eigenvalue weighted by atomic mass is 10.3. The SMILES string of the molecule is NNC(=O)CCCn1cc(Br)cc(Br)c1=O. The van der Waals surface area contributed by atoms with Crippen LogP contribution in [0.2, 0.25) is 0 Å². The molecule has 7 heteroatoms. The third-order valence-electron chi connectivity index (χ3n) is 1.97. The maximum atomic E-state index is 11.6. The lowest BCUT2D eigenvalue weighted by Crippen LogP contribution is -2.30. The summed E-state index contributed by atoms with van der Waals surface area (Å²) in [6.07, 6.45) is 2.55. The smallest absolute Gasteiger partial charge is 0.264 e. The number of carbonyl (C=O) groups excluding carboxylic acids is 1. The molecule has 1 heterocycles. The van der Waals surface area contributed by atoms with Crippen LogP contribution in [0, 0.1) is 0 Å². The van der Waals surface area contributed by atoms with Gasteiger partial charge in [-0.3, -0.25) is 15.0 Å². The second-order valence-electron chi connectivity index (χ2n) is 3.18. The number of carbonyl (C=O) groups is 1. The minimum atomic E-state index is -0.234. The van der Waals surface area contributed by atoms with Crippen molar-refractivity contribution >= 4 is 37.8 Å². The molecule has 1 rings (SSSR count). The molecule has 0 spiro atoms. The second-order valence-corrected chi connectivity index (χ2v) is 4.95. The Hall–Kier alpha value is -0.660. The van der Waals surface area contributed by atoms with Crippen molar-refractivity contribution in [1.82, 2.24) is 9.99 Å². The van der Waals surface area contributed by atoms with Gasteiger partial charge in [-0.05, 0) is 44.3 Å². The number of hydrogen-bond acceptors (Lipinski definition) is 3. The molecule has 88 valence electrons. The Morgan fingerprint density at radius 2 is 2.19 bits per heavy atom. The number of rotatable bonds is 4. The van der Waals surface area contributed by atoms with Gasteiger partial charge in [-0.1, -0.05) is 0 Å². The number of halogens is 2. The van der Waals surface area contributed by atoms with Gasteiger partial charge >= 0.3 is 0 Å². The van der Waals surface area contributed by atoms with E-state index in [0.29, 0.717) is 23.9 Å². The van der Waals surface area contributed by atoms with Crippen LogP contribution >= 0.6 is 31.9 Å². The van der Waals surface area contributed by atoms with Crippen molar-refractivity contribution in [3.8, 4) is 0 Å². The Morgan fingerprint density at radius 1 is 1.50 bits per heavy atom. The molecule has 0 saturated carbocycles. The number of hydrazine groups is 1. The average molecular weight is 353 g/mol. The number of aromatic nitrogens is 1. The van der Waals surface area contributed by atoms with Gasteiger partial charge in [0.15, 0.2) is 0 Å². The number of nitrogens with one attached hydrogen (secondary N) is 1. The zero-order chi connectivity index (χ0) is 12.1. The van der Waals surface area contributed by atoms with Crippen molar-refractivity contribution in [2.75, 3.05) is 0 Å². The van der Waals surface area contributed by atoms with E-state index in [2.05, 4.69) is 31.9 Å². The molecular weight excluding hydrogens is 342 g/mol. The van der Waals surface area contributed by atoms with Gasteiger partial charge in [0.2, 0.25) is 5.91 Å². The summed E-state index contributed by atoms with van der Waals surface area (Å²) >= 11 is 6.46. The Kier molecular flexibility index (Phi) is 5.17. The summed E-state index contributed by atoms with van der Waals surface area (Å²) in [6, 6.07) is 1.69. The van der Waals surface area contributed by atoms with Crippen LogP contribution in [-0.2, 0) is 11.3 Å². The topological polar surface area (TPSA) is 77.1 Å². The van der Waals surface area contributed by atoms with Crippen molar-refractivity contribution < 1.29 is 4.79 Å². The molecule has 1 amide bonds. The summed E-state index contributed by atoms with van der Waals surface area (Å²) in [5, 5.41) is 0. The predicted octanol–water partition coefficient (Wildman–Crippen LogP) is 1.14. The molecule has 0 aromatic carbocycles. The summed E-state index contributed by atoms with van der Waals surface area (Å²) in [5.41, 5.74) is 1.93. The van der Waals surface area contributed by atoms with Crippen LogP contribution in [0.1, 0.15) is 12.8 Å². The molecule has 5 nitrogen and oxygen atoms in total. The maximum absolute atomic E-state index is 11.6. The highest BCUT2D eigenvalue weighted by atomic mass is 79.9. The van der Waals surface area contributed by atoms with Crippen LogP contribution in [0.4, 0.5) is 0 Å². The van der Waals surface area contributed by atoms with Crippen LogP contribution in [0.3, 0.4) is 0 Å². The number of nitrogens with zero attached hydrogens (tertiary/aromatic N) is 1. The molecule has 0 aliphatic heterocycles. The highest BCUT2D eigenvalue weighted by Crippen LogP contribution is 2.13. The lowest BCUT2D eigenvalue weighted by molar-refractivity contribution is -0.121. The van der Waals surface area contributed by atoms with Gasteiger partial charge in [-0.15, -0.1) is 0 Å². The van der Waals surface area contributed by atoms with E-state index < -0.39 is 0 Å². The van der Waals surface area contributed by atoms with Gasteiger partial charge in [0.05, 0.1) is 4.47 Å². The van der Waals surface area contributed by atoms with Crippen molar-refractivity contribution in [3.05, 3.63) is 31.6 Å². The third kappa shape index (κ3) is 3.73. The molecular formula is C9H11Br2N3O2. The van der Waals surface area contributed by atoms with Gasteiger partial charge in [0, 0.05) is 23.6 Å². The first-order valence-electron chi connectivity index (χ1n) is 4.59. The minimum Gasteiger partial charge on any atom is -0.313 e. The highest BCUT2D eigenvalue weighted by Gasteiger charge is 2.04. The van der Waals surface area contributed by atoms with Crippen molar-refractivity contribution in [3.63, 3.8) is 0 Å². The van der Waals surface area contributed by atoms with E-state index in [-0.39, 0.29) is 11.5 Å². The van der Waals surface area contributed by atoms with E-state index in [1.165, 1.54) is 4.57 Å². The van der Waals surface area contributed by atoms with Crippen LogP contribution in [0.15, 0.2) is 26.0 Å². The van der Waals surface area contributed by atoms with Gasteiger partial charge < -0.3 is 4.57 Å². The maximum Gasteiger partial charge on any atom is 0.264 e. The molecule has 0 atom stereocenters. The predicted molar refractivity (Wildman–Crippen MR) is 67.7 cm³/mol. The first-order chi connectivity index (χ1) is 7.54. The molecule has 0 unspecified atom stereocenters. The first-order valence-corrected chi connectivity index (χ1v) is 6.18. The number of nitrogens with two attached hydrogens (primary N) is 1. The summed E-state index contributed by atoms with van der Waals surface area (Å²) in [7, 11) is 0. The standard InChI is InChI=1S/C9H11Br2N3O2/c10-6-4-7(11)9(16)14(5-6)3-1-2-8(15)13-12/h4-5H,1-3,12H2,(H,13,15). The van der Waals surface area contributed by atoms with Gasteiger partial charge in [-0.25, -0.2) is 5.84 Å². The molecule has 1 aromatic heterocycles. The zero-order valence-electron chi connectivity index (χ0n) is 8.37. The summed E-state index contributed by atoms with van der Waals surface area (Å²) in [4.78, 5) is 22.5. The molecule has 0 aliphatic carbocycles. The van der Waals surface area contributed by atoms with Crippen LogP contribution in [0.5, 0.6) is 0 Å². The molecule has 0 fully saturated rings. The fourth-order valence-corrected chi connectivity index (χ4v) is 2.47. The second kappa shape index (κ2) is 6.17. The highest BCUT2D eigenvalue weighted by molar-refractivity contribution is 9.11. The summed E-state index contributed by atoms with van der Waals surface area (Å²) in [5.74, 6) is 4.71. The molecule has 16 heavy (non-hydrogen) atoms. The Morgan fingerprint density at radius 3 is 2.81 bits per heavy atom. The van der Waals surface area contributed by atoms with E-state index in [1.807, 2.05) is 5.43 Å². The lowest BCUT2D eigenvalue weighted by Gasteiger charge is -2.06. The van der Waals surface area contributed by atoms with Gasteiger partial charge in [0.25, 0.3) is 5.56 Å². The Bertz CT molecular complexity index is 445. The average Bonchev–Trinajstić information content (AvgIpc) is 2.24. The first kappa shape index (κ1) is 13.4. The molecule has 3 N–H and O–H groups in total. The van der Waals surface area contributed by atoms with Gasteiger partial charge in [-0.2, -0.15) is 0 Å². The normalized spacial score (nSPS) is 10.2. The molecule has 0 bridgehead atoms. The van der Waals surface area contributed by atoms with E-state index in [0.717, 1.165) is 4.47 Å². The van der Waals surface area contributed by atoms with Crippen LogP contribution in [0.25, 0.3) is 0 Å². The number of amides is 1. The van der Waals surface area contributed by atoms with Gasteiger partial charge in [0.1, 0.15) is 0 Å². The largest absolute Gasteiger partial charge is 0.313 e. The number of hydrogen-bond donors (Lipinski definition) is 2. The molecule has 1 aromatic rings. The quantitative estimate of drug-likeness (QED) is 0.484. The molecule has 0 saturated heterocycles. The van der Waals surface area contributed by atoms with Crippen molar-refractivity contribution in [2.24, 2.45) is 5.84 Å². The van der Waals surface area contributed by atoms with Crippen LogP contribution in [-0.4, -0.2) is 10.5 Å². The summed E-state index contributed by atoms with van der Waals surface area (Å²) < 4.78 is 2.84. The van der Waals surface area contributed by atoms with E-state index >= 15 is 0 Å². The fraction of sp³-hybridized carbons (Fsp3) is 0.333. The minimum absolute atomic E-state index is 0.114. The Labute approximate surface area is 109 Å². The van der Waals surface area contributed by atoms with Crippen molar-refractivity contribution in [2.45, 2.75) is 19.4 Å². The van der Waals surface area contributed by atoms with Crippen molar-refractivity contribution in [1.29, 1.82) is 0 Å². The van der Waals surface area contributed by atoms with Crippen LogP contribution < -0.4 is 16.8 Å². The Balaban J connectivity index is 2.67. The molecule has 0 radical (unpaired) electrons. The third-order valence-corrected chi connectivity index (χ3v) is 2.97. The molecule has 0 aliphatic rings. The monoisotopic (exact) mass is 351 g/mol. The van der Waals surface area contributed by atoms with E-state index in [9.17, 15) is 9.59 Å². The number of pyridine rings is 1. The fourth-order valence-electron chi connectivity index (χ4n) is 1.21. The summed E-state index contributed by atoms with van der Waals surface area (Å²) in [6.45, 7) is 0.476.